The standard InChI is InChI=1S/C19H36N4O2/c1-7-14(6)12-13-15(8-2)23-17-16(21(10-4)19(23)25)20(9-3)18(24)22(17)11-5/h14-17H,7-13H2,1-6H3. The van der Waals surface area contributed by atoms with E-state index in [1.54, 1.807) is 0 Å². The summed E-state index contributed by atoms with van der Waals surface area (Å²) in [5, 5.41) is 0. The predicted octanol–water partition coefficient (Wildman–Crippen LogP) is 3.78. The van der Waals surface area contributed by atoms with E-state index in [4.69, 9.17) is 0 Å². The minimum Gasteiger partial charge on any atom is -0.300 e. The summed E-state index contributed by atoms with van der Waals surface area (Å²) in [6, 6.07) is 0.356. The molecule has 0 saturated carbocycles. The molecule has 4 unspecified atom stereocenters. The van der Waals surface area contributed by atoms with Gasteiger partial charge in [-0.2, -0.15) is 0 Å². The molecule has 0 N–H and O–H groups in total. The Morgan fingerprint density at radius 3 is 1.76 bits per heavy atom. The Balaban J connectivity index is 2.32. The Kier molecular flexibility index (Phi) is 6.58. The van der Waals surface area contributed by atoms with Gasteiger partial charge in [-0.1, -0.05) is 27.2 Å². The summed E-state index contributed by atoms with van der Waals surface area (Å²) in [7, 11) is 0. The number of carbonyl (C=O) groups excluding carboxylic acids is 2. The molecule has 25 heavy (non-hydrogen) atoms. The summed E-state index contributed by atoms with van der Waals surface area (Å²) in [6.07, 6.45) is 3.94. The van der Waals surface area contributed by atoms with Gasteiger partial charge in [0.25, 0.3) is 0 Å². The van der Waals surface area contributed by atoms with Gasteiger partial charge in [-0.05, 0) is 46.0 Å². The van der Waals surface area contributed by atoms with E-state index >= 15 is 0 Å². The maximum Gasteiger partial charge on any atom is 0.323 e. The van der Waals surface area contributed by atoms with Crippen LogP contribution in [-0.4, -0.2) is 69.7 Å². The molecule has 4 atom stereocenters. The van der Waals surface area contributed by atoms with Crippen LogP contribution in [0.25, 0.3) is 0 Å². The molecule has 0 bridgehead atoms. The summed E-state index contributed by atoms with van der Waals surface area (Å²) in [4.78, 5) is 33.6. The number of urea groups is 2. The molecule has 0 radical (unpaired) electrons. The third-order valence-corrected chi connectivity index (χ3v) is 6.04. The van der Waals surface area contributed by atoms with E-state index < -0.39 is 0 Å². The average Bonchev–Trinajstić information content (AvgIpc) is 3.04. The molecule has 6 heteroatoms. The van der Waals surface area contributed by atoms with Crippen molar-refractivity contribution in [3.63, 3.8) is 0 Å². The zero-order valence-corrected chi connectivity index (χ0v) is 16.9. The summed E-state index contributed by atoms with van der Waals surface area (Å²) in [6.45, 7) is 14.6. The Hall–Kier alpha value is -1.46. The number of hydrogen-bond acceptors (Lipinski definition) is 2. The van der Waals surface area contributed by atoms with Crippen molar-refractivity contribution in [3.05, 3.63) is 0 Å². The zero-order chi connectivity index (χ0) is 18.7. The van der Waals surface area contributed by atoms with Crippen LogP contribution in [0.2, 0.25) is 0 Å². The van der Waals surface area contributed by atoms with E-state index in [2.05, 4.69) is 20.8 Å². The lowest BCUT2D eigenvalue weighted by molar-refractivity contribution is 0.0930. The molecule has 144 valence electrons. The topological polar surface area (TPSA) is 47.1 Å². The average molecular weight is 353 g/mol. The zero-order valence-electron chi connectivity index (χ0n) is 16.9. The largest absolute Gasteiger partial charge is 0.323 e. The highest BCUT2D eigenvalue weighted by Gasteiger charge is 2.58. The van der Waals surface area contributed by atoms with Crippen molar-refractivity contribution in [1.29, 1.82) is 0 Å². The number of carbonyl (C=O) groups is 2. The van der Waals surface area contributed by atoms with Crippen LogP contribution in [0.1, 0.15) is 67.2 Å². The fraction of sp³-hybridized carbons (Fsp3) is 0.895. The fourth-order valence-corrected chi connectivity index (χ4v) is 4.27. The number of likely N-dealkylation sites (N-methyl/N-ethyl adjacent to an activating group) is 3. The molecule has 2 aliphatic rings. The number of fused-ring (bicyclic) bond motifs is 1. The predicted molar refractivity (Wildman–Crippen MR) is 100 cm³/mol. The third-order valence-electron chi connectivity index (χ3n) is 6.04. The SMILES string of the molecule is CCC(C)CCC(CC)N1C(=O)N(CC)C2C1N(CC)C(=O)N2CC. The maximum absolute atomic E-state index is 13.2. The maximum atomic E-state index is 13.2. The monoisotopic (exact) mass is 352 g/mol. The number of rotatable bonds is 9. The highest BCUT2D eigenvalue weighted by Crippen LogP contribution is 2.37. The van der Waals surface area contributed by atoms with Gasteiger partial charge >= 0.3 is 12.1 Å². The Morgan fingerprint density at radius 1 is 0.760 bits per heavy atom. The molecule has 6 nitrogen and oxygen atoms in total. The van der Waals surface area contributed by atoms with Gasteiger partial charge in [0.15, 0.2) is 0 Å². The molecule has 0 aromatic carbocycles. The van der Waals surface area contributed by atoms with Gasteiger partial charge in [0, 0.05) is 25.7 Å². The second-order valence-corrected chi connectivity index (χ2v) is 7.31. The fourth-order valence-electron chi connectivity index (χ4n) is 4.27. The van der Waals surface area contributed by atoms with Gasteiger partial charge in [0.2, 0.25) is 0 Å². The van der Waals surface area contributed by atoms with Crippen LogP contribution in [0.5, 0.6) is 0 Å². The summed E-state index contributed by atoms with van der Waals surface area (Å²) >= 11 is 0. The first-order valence-electron chi connectivity index (χ1n) is 10.1. The first-order valence-corrected chi connectivity index (χ1v) is 10.1. The molecule has 4 amide bonds. The minimum atomic E-state index is -0.146. The second kappa shape index (κ2) is 8.28. The molecule has 2 rings (SSSR count). The molecular weight excluding hydrogens is 316 g/mol. The smallest absolute Gasteiger partial charge is 0.300 e. The van der Waals surface area contributed by atoms with Gasteiger partial charge < -0.3 is 14.7 Å². The highest BCUT2D eigenvalue weighted by atomic mass is 16.2. The molecule has 0 aromatic heterocycles. The second-order valence-electron chi connectivity index (χ2n) is 7.31. The van der Waals surface area contributed by atoms with Crippen LogP contribution >= 0.6 is 0 Å². The van der Waals surface area contributed by atoms with E-state index in [9.17, 15) is 9.59 Å². The van der Waals surface area contributed by atoms with Crippen LogP contribution in [-0.2, 0) is 0 Å². The quantitative estimate of drug-likeness (QED) is 0.634. The van der Waals surface area contributed by atoms with Crippen molar-refractivity contribution in [2.24, 2.45) is 5.92 Å². The van der Waals surface area contributed by atoms with Gasteiger partial charge in [0.1, 0.15) is 12.3 Å². The van der Waals surface area contributed by atoms with Gasteiger partial charge in [-0.3, -0.25) is 4.90 Å². The molecule has 0 spiro atoms. The Labute approximate surface area is 153 Å². The Bertz CT molecular complexity index is 482. The van der Waals surface area contributed by atoms with E-state index in [1.165, 1.54) is 6.42 Å². The minimum absolute atomic E-state index is 0.0627. The lowest BCUT2D eigenvalue weighted by Crippen LogP contribution is -2.51. The van der Waals surface area contributed by atoms with Crippen molar-refractivity contribution in [2.75, 3.05) is 19.6 Å². The van der Waals surface area contributed by atoms with Gasteiger partial charge in [0.05, 0.1) is 0 Å². The molecular formula is C19H36N4O2. The molecule has 2 aliphatic heterocycles. The van der Waals surface area contributed by atoms with Gasteiger partial charge in [-0.15, -0.1) is 0 Å². The van der Waals surface area contributed by atoms with Crippen LogP contribution in [0, 0.1) is 5.92 Å². The summed E-state index contributed by atoms with van der Waals surface area (Å²) < 4.78 is 0. The van der Waals surface area contributed by atoms with Crippen molar-refractivity contribution >= 4 is 12.1 Å². The van der Waals surface area contributed by atoms with Crippen LogP contribution in [0.15, 0.2) is 0 Å². The molecule has 2 saturated heterocycles. The third kappa shape index (κ3) is 3.32. The van der Waals surface area contributed by atoms with Gasteiger partial charge in [-0.25, -0.2) is 9.59 Å². The first kappa shape index (κ1) is 19.9. The molecule has 0 aliphatic carbocycles. The number of hydrogen-bond donors (Lipinski definition) is 0. The normalized spacial score (nSPS) is 25.8. The Morgan fingerprint density at radius 2 is 1.28 bits per heavy atom. The number of amides is 4. The van der Waals surface area contributed by atoms with Crippen LogP contribution in [0.4, 0.5) is 9.59 Å². The number of nitrogens with zero attached hydrogens (tertiary/aromatic N) is 4. The van der Waals surface area contributed by atoms with Crippen molar-refractivity contribution in [3.8, 4) is 0 Å². The van der Waals surface area contributed by atoms with Crippen molar-refractivity contribution < 1.29 is 9.59 Å². The van der Waals surface area contributed by atoms with E-state index in [-0.39, 0.29) is 30.4 Å². The van der Waals surface area contributed by atoms with E-state index in [0.717, 1.165) is 19.3 Å². The lowest BCUT2D eigenvalue weighted by atomic mass is 9.97. The lowest BCUT2D eigenvalue weighted by Gasteiger charge is -2.35. The molecule has 2 fully saturated rings. The molecule has 2 heterocycles. The van der Waals surface area contributed by atoms with Crippen LogP contribution in [0.3, 0.4) is 0 Å². The van der Waals surface area contributed by atoms with E-state index in [1.807, 2.05) is 40.4 Å². The van der Waals surface area contributed by atoms with E-state index in [0.29, 0.717) is 25.6 Å². The van der Waals surface area contributed by atoms with Crippen molar-refractivity contribution in [1.82, 2.24) is 19.6 Å². The summed E-state index contributed by atoms with van der Waals surface area (Å²) in [5.74, 6) is 0.671. The highest BCUT2D eigenvalue weighted by molar-refractivity contribution is 5.85. The first-order chi connectivity index (χ1) is 12.0. The van der Waals surface area contributed by atoms with Crippen LogP contribution < -0.4 is 0 Å². The molecule has 0 aromatic rings. The van der Waals surface area contributed by atoms with Crippen molar-refractivity contribution in [2.45, 2.75) is 85.6 Å². The summed E-state index contributed by atoms with van der Waals surface area (Å²) in [5.41, 5.74) is 0.